The van der Waals surface area contributed by atoms with Crippen LogP contribution < -0.4 is 20.0 Å². The van der Waals surface area contributed by atoms with E-state index < -0.39 is 6.61 Å². The molecule has 0 saturated heterocycles. The summed E-state index contributed by atoms with van der Waals surface area (Å²) in [4.78, 5) is 9.06. The molecule has 8 nitrogen and oxygen atoms in total. The predicted molar refractivity (Wildman–Crippen MR) is 156 cm³/mol. The fourth-order valence-corrected chi connectivity index (χ4v) is 4.77. The highest BCUT2D eigenvalue weighted by Gasteiger charge is 2.12. The largest absolute Gasteiger partial charge is 0.497 e. The number of nitrogens with zero attached hydrogens (tertiary/aromatic N) is 5. The van der Waals surface area contributed by atoms with Gasteiger partial charge in [0.2, 0.25) is 4.80 Å². The number of aliphatic imine (C=N–C) groups is 2. The van der Waals surface area contributed by atoms with Crippen molar-refractivity contribution in [3.8, 4) is 17.2 Å². The van der Waals surface area contributed by atoms with Gasteiger partial charge in [-0.2, -0.15) is 13.9 Å². The van der Waals surface area contributed by atoms with Gasteiger partial charge in [-0.3, -0.25) is 4.57 Å². The molecule has 1 heterocycles. The molecule has 0 bridgehead atoms. The van der Waals surface area contributed by atoms with Crippen molar-refractivity contribution in [1.82, 2.24) is 4.57 Å². The summed E-state index contributed by atoms with van der Waals surface area (Å²) < 4.78 is 36.3. The maximum absolute atomic E-state index is 12.2. The normalized spacial score (nSPS) is 12.7. The van der Waals surface area contributed by atoms with Crippen molar-refractivity contribution in [2.45, 2.75) is 27.4 Å². The number of benzene rings is 3. The quantitative estimate of drug-likeness (QED) is 0.152. The number of nitrogens with two attached hydrogens (primary N) is 1. The molecule has 0 aliphatic rings. The number of rotatable bonds is 9. The first-order valence-electron chi connectivity index (χ1n) is 12.2. The summed E-state index contributed by atoms with van der Waals surface area (Å²) in [6.45, 7) is 3.27. The van der Waals surface area contributed by atoms with Crippen LogP contribution in [0.2, 0.25) is 0 Å². The van der Waals surface area contributed by atoms with Crippen LogP contribution in [0.5, 0.6) is 11.5 Å². The second-order valence-corrected chi connectivity index (χ2v) is 9.54. The van der Waals surface area contributed by atoms with E-state index in [4.69, 9.17) is 10.5 Å². The SMILES string of the molecule is COc1cc(C)c(-n2c(C)cs/c2=N\N=C\c2ccc(C(N)=NC=Nc3ccc(OC(F)F)cc3)cc2)c(C)c1. The Kier molecular flexibility index (Phi) is 9.18. The van der Waals surface area contributed by atoms with Gasteiger partial charge in [0.25, 0.3) is 0 Å². The van der Waals surface area contributed by atoms with Crippen molar-refractivity contribution in [3.05, 3.63) is 98.8 Å². The first-order chi connectivity index (χ1) is 19.2. The third-order valence-electron chi connectivity index (χ3n) is 5.82. The van der Waals surface area contributed by atoms with Crippen LogP contribution in [0, 0.1) is 20.8 Å². The number of hydrogen-bond donors (Lipinski definition) is 1. The number of aryl methyl sites for hydroxylation is 3. The summed E-state index contributed by atoms with van der Waals surface area (Å²) in [5, 5.41) is 10.8. The zero-order chi connectivity index (χ0) is 28.6. The molecule has 0 saturated carbocycles. The van der Waals surface area contributed by atoms with Crippen molar-refractivity contribution >= 4 is 35.4 Å². The Morgan fingerprint density at radius 1 is 0.975 bits per heavy atom. The van der Waals surface area contributed by atoms with E-state index in [1.807, 2.05) is 43.3 Å². The molecule has 0 fully saturated rings. The monoisotopic (exact) mass is 562 g/mol. The average Bonchev–Trinajstić information content (AvgIpc) is 3.28. The number of thiazole rings is 1. The molecule has 11 heteroatoms. The highest BCUT2D eigenvalue weighted by atomic mass is 32.1. The third-order valence-corrected chi connectivity index (χ3v) is 6.76. The number of halogens is 2. The van der Waals surface area contributed by atoms with Crippen molar-refractivity contribution in [2.75, 3.05) is 7.11 Å². The van der Waals surface area contributed by atoms with Crippen LogP contribution in [0.1, 0.15) is 27.9 Å². The van der Waals surface area contributed by atoms with E-state index in [0.717, 1.165) is 38.6 Å². The smallest absolute Gasteiger partial charge is 0.387 e. The number of alkyl halides is 2. The molecule has 3 aromatic carbocycles. The van der Waals surface area contributed by atoms with Crippen LogP contribution in [0.25, 0.3) is 5.69 Å². The van der Waals surface area contributed by atoms with Gasteiger partial charge in [-0.05, 0) is 73.9 Å². The molecule has 4 aromatic rings. The van der Waals surface area contributed by atoms with Crippen LogP contribution >= 0.6 is 11.3 Å². The highest BCUT2D eigenvalue weighted by molar-refractivity contribution is 7.07. The Balaban J connectivity index is 1.46. The van der Waals surface area contributed by atoms with Gasteiger partial charge in [0, 0.05) is 16.6 Å². The minimum absolute atomic E-state index is 0.0560. The number of amidine groups is 1. The van der Waals surface area contributed by atoms with E-state index in [9.17, 15) is 8.78 Å². The lowest BCUT2D eigenvalue weighted by Crippen LogP contribution is -2.16. The fraction of sp³-hybridized carbons (Fsp3) is 0.172. The van der Waals surface area contributed by atoms with Crippen LogP contribution in [0.4, 0.5) is 14.5 Å². The molecule has 0 aliphatic heterocycles. The minimum Gasteiger partial charge on any atom is -0.497 e. The molecule has 2 N–H and O–H groups in total. The van der Waals surface area contributed by atoms with Crippen LogP contribution in [-0.2, 0) is 0 Å². The van der Waals surface area contributed by atoms with Crippen molar-refractivity contribution in [3.63, 3.8) is 0 Å². The van der Waals surface area contributed by atoms with Gasteiger partial charge < -0.3 is 15.2 Å². The van der Waals surface area contributed by atoms with Crippen LogP contribution in [-0.4, -0.2) is 36.7 Å². The Hall–Kier alpha value is -4.64. The molecule has 0 aliphatic carbocycles. The van der Waals surface area contributed by atoms with E-state index in [2.05, 4.69) is 48.7 Å². The molecule has 0 spiro atoms. The minimum atomic E-state index is -2.87. The fourth-order valence-electron chi connectivity index (χ4n) is 3.95. The van der Waals surface area contributed by atoms with Crippen LogP contribution in [0.15, 0.2) is 86.2 Å². The van der Waals surface area contributed by atoms with Crippen molar-refractivity contribution in [2.24, 2.45) is 25.9 Å². The molecule has 1 aromatic heterocycles. The molecular formula is C29H28F2N6O2S. The standard InChI is InChI=1S/C29H28F2N6O2S/c1-18-13-25(38-4)14-19(2)26(18)37-20(3)16-40-29(37)36-35-15-21-5-7-22(8-6-21)27(32)34-17-33-23-9-11-24(12-10-23)39-28(30)31/h5-17,28H,1-4H3,(H2,32,33,34)/b35-15+,36-29-. The van der Waals surface area contributed by atoms with Gasteiger partial charge in [0.15, 0.2) is 0 Å². The van der Waals surface area contributed by atoms with Crippen molar-refractivity contribution in [1.29, 1.82) is 0 Å². The molecule has 4 rings (SSSR count). The van der Waals surface area contributed by atoms with Crippen LogP contribution in [0.3, 0.4) is 0 Å². The second kappa shape index (κ2) is 12.9. The maximum Gasteiger partial charge on any atom is 0.387 e. The Labute approximate surface area is 234 Å². The summed E-state index contributed by atoms with van der Waals surface area (Å²) in [5.74, 6) is 1.15. The third kappa shape index (κ3) is 7.06. The van der Waals surface area contributed by atoms with Gasteiger partial charge in [-0.15, -0.1) is 16.4 Å². The number of methoxy groups -OCH3 is 1. The number of aromatic nitrogens is 1. The molecule has 0 radical (unpaired) electrons. The zero-order valence-electron chi connectivity index (χ0n) is 22.4. The zero-order valence-corrected chi connectivity index (χ0v) is 23.2. The second-order valence-electron chi connectivity index (χ2n) is 8.70. The van der Waals surface area contributed by atoms with Crippen molar-refractivity contribution < 1.29 is 18.3 Å². The maximum atomic E-state index is 12.2. The summed E-state index contributed by atoms with van der Waals surface area (Å²) in [5.41, 5.74) is 12.4. The Bertz CT molecular complexity index is 1600. The lowest BCUT2D eigenvalue weighted by Gasteiger charge is -2.14. The summed E-state index contributed by atoms with van der Waals surface area (Å²) >= 11 is 1.52. The van der Waals surface area contributed by atoms with E-state index in [0.29, 0.717) is 11.3 Å². The van der Waals surface area contributed by atoms with Gasteiger partial charge in [-0.1, -0.05) is 24.3 Å². The average molecular weight is 563 g/mol. The summed E-state index contributed by atoms with van der Waals surface area (Å²) in [6, 6.07) is 17.3. The van der Waals surface area contributed by atoms with Gasteiger partial charge in [-0.25, -0.2) is 9.98 Å². The van der Waals surface area contributed by atoms with Gasteiger partial charge in [0.05, 0.1) is 24.7 Å². The Morgan fingerprint density at radius 3 is 2.27 bits per heavy atom. The summed E-state index contributed by atoms with van der Waals surface area (Å²) in [6.07, 6.45) is 2.98. The lowest BCUT2D eigenvalue weighted by atomic mass is 10.1. The highest BCUT2D eigenvalue weighted by Crippen LogP contribution is 2.25. The number of ether oxygens (including phenoxy) is 2. The van der Waals surface area contributed by atoms with E-state index in [1.54, 1.807) is 13.3 Å². The first-order valence-corrected chi connectivity index (χ1v) is 13.0. The first kappa shape index (κ1) is 28.4. The van der Waals surface area contributed by atoms with E-state index >= 15 is 0 Å². The molecular weight excluding hydrogens is 534 g/mol. The molecule has 0 unspecified atom stereocenters. The summed E-state index contributed by atoms with van der Waals surface area (Å²) in [7, 11) is 1.66. The van der Waals surface area contributed by atoms with Gasteiger partial charge >= 0.3 is 6.61 Å². The number of hydrogen-bond acceptors (Lipinski definition) is 6. The predicted octanol–water partition coefficient (Wildman–Crippen LogP) is 6.07. The van der Waals surface area contributed by atoms with Gasteiger partial charge in [0.1, 0.15) is 23.7 Å². The van der Waals surface area contributed by atoms with E-state index in [1.165, 1.54) is 41.9 Å². The molecule has 40 heavy (non-hydrogen) atoms. The lowest BCUT2D eigenvalue weighted by molar-refractivity contribution is -0.0498. The Morgan fingerprint density at radius 2 is 1.65 bits per heavy atom. The topological polar surface area (TPSA) is 98.8 Å². The molecule has 206 valence electrons. The van der Waals surface area contributed by atoms with E-state index in [-0.39, 0.29) is 11.6 Å². The molecule has 0 amide bonds. The molecule has 0 atom stereocenters.